The molecule has 1 aliphatic carbocycles. The van der Waals surface area contributed by atoms with Crippen LogP contribution >= 0.6 is 0 Å². The standard InChI is InChI=1S/C22H27NO4/c1-24-10-11-25-19-7-2-16(3-8-19)15-23-22(17-4-5-17)18-6-9-20-21(14-18)27-13-12-26-20/h2-3,6-9,14,17,22-23H,4-5,10-13,15H2,1H3. The third-order valence-electron chi connectivity index (χ3n) is 5.02. The van der Waals surface area contributed by atoms with Gasteiger partial charge in [-0.25, -0.2) is 0 Å². The molecule has 0 amide bonds. The van der Waals surface area contributed by atoms with Crippen molar-refractivity contribution in [3.05, 3.63) is 53.6 Å². The van der Waals surface area contributed by atoms with Gasteiger partial charge in [-0.1, -0.05) is 18.2 Å². The number of benzene rings is 2. The summed E-state index contributed by atoms with van der Waals surface area (Å²) in [5.74, 6) is 3.29. The largest absolute Gasteiger partial charge is 0.491 e. The Kier molecular flexibility index (Phi) is 5.80. The molecule has 27 heavy (non-hydrogen) atoms. The molecule has 4 rings (SSSR count). The number of nitrogens with one attached hydrogen (secondary N) is 1. The highest BCUT2D eigenvalue weighted by atomic mass is 16.6. The molecular formula is C22H27NO4. The molecule has 2 aliphatic rings. The Morgan fingerprint density at radius 2 is 1.78 bits per heavy atom. The van der Waals surface area contributed by atoms with Crippen LogP contribution in [0.4, 0.5) is 0 Å². The molecule has 1 fully saturated rings. The van der Waals surface area contributed by atoms with E-state index >= 15 is 0 Å². The highest BCUT2D eigenvalue weighted by molar-refractivity contribution is 5.45. The Hall–Kier alpha value is -2.24. The van der Waals surface area contributed by atoms with Gasteiger partial charge in [0.2, 0.25) is 0 Å². The molecule has 1 heterocycles. The molecule has 0 radical (unpaired) electrons. The van der Waals surface area contributed by atoms with E-state index < -0.39 is 0 Å². The number of fused-ring (bicyclic) bond motifs is 1. The summed E-state index contributed by atoms with van der Waals surface area (Å²) in [6.45, 7) is 3.25. The highest BCUT2D eigenvalue weighted by Gasteiger charge is 2.32. The quantitative estimate of drug-likeness (QED) is 0.683. The summed E-state index contributed by atoms with van der Waals surface area (Å²) in [6.07, 6.45) is 2.55. The van der Waals surface area contributed by atoms with E-state index in [-0.39, 0.29) is 0 Å². The van der Waals surface area contributed by atoms with Gasteiger partial charge in [0.1, 0.15) is 25.6 Å². The van der Waals surface area contributed by atoms with Gasteiger partial charge in [0.25, 0.3) is 0 Å². The maximum absolute atomic E-state index is 5.76. The monoisotopic (exact) mass is 369 g/mol. The van der Waals surface area contributed by atoms with Crippen molar-refractivity contribution in [2.45, 2.75) is 25.4 Å². The normalized spacial score (nSPS) is 16.8. The van der Waals surface area contributed by atoms with Gasteiger partial charge in [-0.3, -0.25) is 0 Å². The zero-order valence-electron chi connectivity index (χ0n) is 15.8. The van der Waals surface area contributed by atoms with Gasteiger partial charge < -0.3 is 24.3 Å². The molecule has 5 heteroatoms. The van der Waals surface area contributed by atoms with E-state index in [1.807, 2.05) is 18.2 Å². The van der Waals surface area contributed by atoms with Crippen LogP contribution in [0.3, 0.4) is 0 Å². The molecule has 2 aromatic carbocycles. The summed E-state index contributed by atoms with van der Waals surface area (Å²) in [7, 11) is 1.68. The maximum Gasteiger partial charge on any atom is 0.161 e. The van der Waals surface area contributed by atoms with E-state index in [1.54, 1.807) is 7.11 Å². The second-order valence-electron chi connectivity index (χ2n) is 7.08. The average molecular weight is 369 g/mol. The zero-order chi connectivity index (χ0) is 18.5. The van der Waals surface area contributed by atoms with E-state index in [9.17, 15) is 0 Å². The van der Waals surface area contributed by atoms with Crippen LogP contribution < -0.4 is 19.5 Å². The van der Waals surface area contributed by atoms with Gasteiger partial charge in [-0.2, -0.15) is 0 Å². The molecule has 0 spiro atoms. The molecule has 1 atom stereocenters. The van der Waals surface area contributed by atoms with Crippen LogP contribution in [0, 0.1) is 5.92 Å². The van der Waals surface area contributed by atoms with Gasteiger partial charge in [0, 0.05) is 19.7 Å². The van der Waals surface area contributed by atoms with Gasteiger partial charge in [0.15, 0.2) is 11.5 Å². The van der Waals surface area contributed by atoms with Crippen molar-refractivity contribution in [1.82, 2.24) is 5.32 Å². The van der Waals surface area contributed by atoms with Crippen LogP contribution in [0.5, 0.6) is 17.2 Å². The molecule has 1 unspecified atom stereocenters. The van der Waals surface area contributed by atoms with E-state index in [0.717, 1.165) is 23.8 Å². The fraction of sp³-hybridized carbons (Fsp3) is 0.455. The van der Waals surface area contributed by atoms with Crippen LogP contribution in [0.1, 0.15) is 30.0 Å². The average Bonchev–Trinajstić information content (AvgIpc) is 3.54. The van der Waals surface area contributed by atoms with E-state index in [4.69, 9.17) is 18.9 Å². The molecule has 2 aromatic rings. The van der Waals surface area contributed by atoms with Crippen LogP contribution in [0.25, 0.3) is 0 Å². The predicted molar refractivity (Wildman–Crippen MR) is 104 cm³/mol. The molecule has 1 N–H and O–H groups in total. The summed E-state index contributed by atoms with van der Waals surface area (Å²) < 4.78 is 22.0. The second-order valence-corrected chi connectivity index (χ2v) is 7.08. The minimum Gasteiger partial charge on any atom is -0.491 e. The van der Waals surface area contributed by atoms with Gasteiger partial charge in [0.05, 0.1) is 6.61 Å². The zero-order valence-corrected chi connectivity index (χ0v) is 15.8. The molecule has 0 aromatic heterocycles. The van der Waals surface area contributed by atoms with E-state index in [2.05, 4.69) is 29.6 Å². The van der Waals surface area contributed by atoms with Crippen molar-refractivity contribution in [3.63, 3.8) is 0 Å². The van der Waals surface area contributed by atoms with Crippen molar-refractivity contribution in [2.24, 2.45) is 5.92 Å². The van der Waals surface area contributed by atoms with Crippen LogP contribution in [0.15, 0.2) is 42.5 Å². The minimum absolute atomic E-state index is 0.346. The Morgan fingerprint density at radius 3 is 2.52 bits per heavy atom. The summed E-state index contributed by atoms with van der Waals surface area (Å²) in [4.78, 5) is 0. The lowest BCUT2D eigenvalue weighted by molar-refractivity contribution is 0.146. The lowest BCUT2D eigenvalue weighted by Crippen LogP contribution is -2.23. The maximum atomic E-state index is 5.76. The number of hydrogen-bond acceptors (Lipinski definition) is 5. The summed E-state index contributed by atoms with van der Waals surface area (Å²) in [5, 5.41) is 3.74. The fourth-order valence-corrected chi connectivity index (χ4v) is 3.41. The third-order valence-corrected chi connectivity index (χ3v) is 5.02. The first-order valence-electron chi connectivity index (χ1n) is 9.67. The molecule has 144 valence electrons. The summed E-state index contributed by atoms with van der Waals surface area (Å²) in [5.41, 5.74) is 2.53. The Labute approximate surface area is 160 Å². The lowest BCUT2D eigenvalue weighted by Gasteiger charge is -2.23. The first-order valence-corrected chi connectivity index (χ1v) is 9.67. The summed E-state index contributed by atoms with van der Waals surface area (Å²) >= 11 is 0. The predicted octanol–water partition coefficient (Wildman–Crippen LogP) is 3.72. The van der Waals surface area contributed by atoms with Crippen molar-refractivity contribution in [1.29, 1.82) is 0 Å². The molecule has 0 saturated heterocycles. The molecule has 1 aliphatic heterocycles. The number of ether oxygens (including phenoxy) is 4. The van der Waals surface area contributed by atoms with Crippen molar-refractivity contribution < 1.29 is 18.9 Å². The Morgan fingerprint density at radius 1 is 1.00 bits per heavy atom. The first kappa shape index (κ1) is 18.1. The van der Waals surface area contributed by atoms with Crippen molar-refractivity contribution in [2.75, 3.05) is 33.5 Å². The van der Waals surface area contributed by atoms with Crippen molar-refractivity contribution in [3.8, 4) is 17.2 Å². The molecular weight excluding hydrogens is 342 g/mol. The van der Waals surface area contributed by atoms with Gasteiger partial charge in [-0.15, -0.1) is 0 Å². The van der Waals surface area contributed by atoms with Crippen molar-refractivity contribution >= 4 is 0 Å². The fourth-order valence-electron chi connectivity index (χ4n) is 3.41. The van der Waals surface area contributed by atoms with Crippen LogP contribution in [0.2, 0.25) is 0 Å². The van der Waals surface area contributed by atoms with Gasteiger partial charge in [-0.05, 0) is 54.2 Å². The Balaban J connectivity index is 1.38. The summed E-state index contributed by atoms with van der Waals surface area (Å²) in [6, 6.07) is 14.9. The molecule has 0 bridgehead atoms. The second kappa shape index (κ2) is 8.63. The number of methoxy groups -OCH3 is 1. The Bertz CT molecular complexity index is 742. The third kappa shape index (κ3) is 4.73. The number of rotatable bonds is 9. The lowest BCUT2D eigenvalue weighted by atomic mass is 10.0. The number of hydrogen-bond donors (Lipinski definition) is 1. The smallest absolute Gasteiger partial charge is 0.161 e. The topological polar surface area (TPSA) is 49.0 Å². The minimum atomic E-state index is 0.346. The van der Waals surface area contributed by atoms with Gasteiger partial charge >= 0.3 is 0 Å². The van der Waals surface area contributed by atoms with Crippen LogP contribution in [-0.2, 0) is 11.3 Å². The molecule has 1 saturated carbocycles. The SMILES string of the molecule is COCCOc1ccc(CNC(c2ccc3c(c2)OCCO3)C2CC2)cc1. The molecule has 5 nitrogen and oxygen atoms in total. The van der Waals surface area contributed by atoms with E-state index in [0.29, 0.717) is 38.4 Å². The van der Waals surface area contributed by atoms with E-state index in [1.165, 1.54) is 24.0 Å². The highest BCUT2D eigenvalue weighted by Crippen LogP contribution is 2.43. The van der Waals surface area contributed by atoms with Crippen LogP contribution in [-0.4, -0.2) is 33.5 Å². The first-order chi connectivity index (χ1) is 13.3.